The molecule has 5 rings (SSSR count). The Balaban J connectivity index is 1.56. The maximum atomic E-state index is 13.9. The normalized spacial score (nSPS) is 18.6. The summed E-state index contributed by atoms with van der Waals surface area (Å²) in [5.41, 5.74) is 3.11. The Kier molecular flexibility index (Phi) is 4.60. The predicted molar refractivity (Wildman–Crippen MR) is 110 cm³/mol. The average molecular weight is 412 g/mol. The van der Waals surface area contributed by atoms with Gasteiger partial charge in [0.25, 0.3) is 5.91 Å². The van der Waals surface area contributed by atoms with E-state index in [2.05, 4.69) is 10.3 Å². The molecule has 0 spiro atoms. The van der Waals surface area contributed by atoms with Crippen molar-refractivity contribution in [3.8, 4) is 16.9 Å². The van der Waals surface area contributed by atoms with Crippen LogP contribution in [0, 0.1) is 5.82 Å². The highest BCUT2D eigenvalue weighted by molar-refractivity contribution is 6.31. The maximum absolute atomic E-state index is 13.9. The number of piperazine rings is 1. The summed E-state index contributed by atoms with van der Waals surface area (Å²) in [5, 5.41) is 4.48. The molecule has 7 heteroatoms. The Morgan fingerprint density at radius 2 is 2.00 bits per heavy atom. The zero-order chi connectivity index (χ0) is 20.0. The lowest BCUT2D eigenvalue weighted by atomic mass is 9.97. The summed E-state index contributed by atoms with van der Waals surface area (Å²) in [6, 6.07) is 9.97. The zero-order valence-electron chi connectivity index (χ0n) is 15.6. The molecule has 148 valence electrons. The second-order valence-electron chi connectivity index (χ2n) is 7.35. The maximum Gasteiger partial charge on any atom is 0.264 e. The molecule has 1 atom stereocenters. The van der Waals surface area contributed by atoms with Gasteiger partial charge in [0, 0.05) is 60.3 Å². The highest BCUT2D eigenvalue weighted by atomic mass is 35.5. The fraction of sp³-hybridized carbons (Fsp3) is 0.273. The molecular weight excluding hydrogens is 393 g/mol. The Bertz CT molecular complexity index is 1110. The quantitative estimate of drug-likeness (QED) is 0.702. The molecule has 1 aromatic heterocycles. The number of pyridine rings is 1. The first-order chi connectivity index (χ1) is 14.1. The molecule has 2 aliphatic rings. The summed E-state index contributed by atoms with van der Waals surface area (Å²) < 4.78 is 20.1. The first-order valence-corrected chi connectivity index (χ1v) is 10.0. The molecule has 1 saturated heterocycles. The minimum atomic E-state index is -0.565. The van der Waals surface area contributed by atoms with E-state index in [0.717, 1.165) is 29.8 Å². The predicted octanol–water partition coefficient (Wildman–Crippen LogP) is 3.43. The van der Waals surface area contributed by atoms with Gasteiger partial charge in [0.1, 0.15) is 11.6 Å². The molecule has 1 fully saturated rings. The van der Waals surface area contributed by atoms with Crippen LogP contribution in [0.4, 0.5) is 4.39 Å². The van der Waals surface area contributed by atoms with E-state index in [1.54, 1.807) is 18.3 Å². The lowest BCUT2D eigenvalue weighted by molar-refractivity contribution is -0.138. The van der Waals surface area contributed by atoms with Gasteiger partial charge in [-0.3, -0.25) is 9.78 Å². The summed E-state index contributed by atoms with van der Waals surface area (Å²) in [4.78, 5) is 19.1. The fourth-order valence-electron chi connectivity index (χ4n) is 4.10. The third-order valence-corrected chi connectivity index (χ3v) is 5.71. The fourth-order valence-corrected chi connectivity index (χ4v) is 4.35. The molecule has 29 heavy (non-hydrogen) atoms. The van der Waals surface area contributed by atoms with E-state index in [0.29, 0.717) is 41.2 Å². The molecule has 1 N–H and O–H groups in total. The van der Waals surface area contributed by atoms with E-state index >= 15 is 0 Å². The number of halogens is 2. The van der Waals surface area contributed by atoms with Crippen LogP contribution in [0.5, 0.6) is 5.75 Å². The highest BCUT2D eigenvalue weighted by Gasteiger charge is 2.35. The molecule has 1 amide bonds. The van der Waals surface area contributed by atoms with Gasteiger partial charge in [0.2, 0.25) is 0 Å². The zero-order valence-corrected chi connectivity index (χ0v) is 16.4. The van der Waals surface area contributed by atoms with Gasteiger partial charge in [-0.25, -0.2) is 4.39 Å². The number of ether oxygens (including phenoxy) is 1. The van der Waals surface area contributed by atoms with Crippen molar-refractivity contribution in [1.29, 1.82) is 0 Å². The summed E-state index contributed by atoms with van der Waals surface area (Å²) in [6.45, 7) is 2.93. The summed E-state index contributed by atoms with van der Waals surface area (Å²) in [5.74, 6) is 0.299. The van der Waals surface area contributed by atoms with Gasteiger partial charge < -0.3 is 15.0 Å². The monoisotopic (exact) mass is 411 g/mol. The lowest BCUT2D eigenvalue weighted by Crippen LogP contribution is -2.50. The van der Waals surface area contributed by atoms with Crippen molar-refractivity contribution in [3.63, 3.8) is 0 Å². The van der Waals surface area contributed by atoms with Crippen LogP contribution < -0.4 is 10.1 Å². The molecule has 0 unspecified atom stereocenters. The van der Waals surface area contributed by atoms with Crippen LogP contribution in [0.3, 0.4) is 0 Å². The second kappa shape index (κ2) is 7.28. The second-order valence-corrected chi connectivity index (χ2v) is 7.78. The number of aromatic nitrogens is 1. The number of benzene rings is 2. The molecule has 3 aromatic rings. The van der Waals surface area contributed by atoms with E-state index in [1.807, 2.05) is 17.0 Å². The molecule has 2 aliphatic heterocycles. The number of rotatable bonds is 2. The Hall–Kier alpha value is -2.70. The molecule has 0 bridgehead atoms. The van der Waals surface area contributed by atoms with E-state index < -0.39 is 6.10 Å². The third-order valence-electron chi connectivity index (χ3n) is 5.49. The van der Waals surface area contributed by atoms with Crippen molar-refractivity contribution < 1.29 is 13.9 Å². The van der Waals surface area contributed by atoms with Crippen molar-refractivity contribution >= 4 is 28.4 Å². The van der Waals surface area contributed by atoms with Crippen LogP contribution in [-0.4, -0.2) is 48.1 Å². The Morgan fingerprint density at radius 3 is 2.83 bits per heavy atom. The number of nitrogens with zero attached hydrogens (tertiary/aromatic N) is 2. The highest BCUT2D eigenvalue weighted by Crippen LogP contribution is 2.43. The van der Waals surface area contributed by atoms with Gasteiger partial charge in [0.05, 0.1) is 5.52 Å². The molecular formula is C22H19ClFN3O2. The number of carbonyl (C=O) groups excluding carboxylic acids is 1. The van der Waals surface area contributed by atoms with Crippen molar-refractivity contribution in [2.45, 2.75) is 12.5 Å². The minimum Gasteiger partial charge on any atom is -0.479 e. The van der Waals surface area contributed by atoms with Gasteiger partial charge in [-0.05, 0) is 42.0 Å². The number of hydrogen-bond acceptors (Lipinski definition) is 4. The van der Waals surface area contributed by atoms with Gasteiger partial charge >= 0.3 is 0 Å². The van der Waals surface area contributed by atoms with Crippen molar-refractivity contribution in [3.05, 3.63) is 59.0 Å². The van der Waals surface area contributed by atoms with E-state index in [1.165, 1.54) is 12.1 Å². The number of carbonyl (C=O) groups is 1. The molecule has 2 aromatic carbocycles. The number of hydrogen-bond donors (Lipinski definition) is 1. The molecule has 0 saturated carbocycles. The van der Waals surface area contributed by atoms with Crippen LogP contribution in [0.2, 0.25) is 5.02 Å². The van der Waals surface area contributed by atoms with E-state index in [9.17, 15) is 9.18 Å². The Morgan fingerprint density at radius 1 is 1.17 bits per heavy atom. The van der Waals surface area contributed by atoms with Crippen LogP contribution in [0.25, 0.3) is 22.0 Å². The van der Waals surface area contributed by atoms with E-state index in [-0.39, 0.29) is 11.7 Å². The number of fused-ring (bicyclic) bond motifs is 2. The van der Waals surface area contributed by atoms with Crippen LogP contribution in [0.15, 0.2) is 42.6 Å². The van der Waals surface area contributed by atoms with Gasteiger partial charge in [0.15, 0.2) is 6.10 Å². The van der Waals surface area contributed by atoms with Crippen molar-refractivity contribution in [2.24, 2.45) is 0 Å². The molecule has 5 nitrogen and oxygen atoms in total. The molecule has 3 heterocycles. The smallest absolute Gasteiger partial charge is 0.264 e. The van der Waals surface area contributed by atoms with Gasteiger partial charge in [-0.15, -0.1) is 0 Å². The average Bonchev–Trinajstić information content (AvgIpc) is 3.16. The summed E-state index contributed by atoms with van der Waals surface area (Å²) in [6.07, 6.45) is 1.59. The number of nitrogens with one attached hydrogen (secondary N) is 1. The minimum absolute atomic E-state index is 0.00426. The standard InChI is InChI=1S/C22H19ClFN3O2/c23-14-9-13-10-20(22(28)27-7-5-25-6-8-27)29-21(13)18(11-14)16-3-4-26-19-2-1-15(24)12-17(16)19/h1-4,9,11-12,20,25H,5-8,10H2/t20-/m1/s1. The summed E-state index contributed by atoms with van der Waals surface area (Å²) in [7, 11) is 0. The molecule has 0 radical (unpaired) electrons. The topological polar surface area (TPSA) is 54.5 Å². The SMILES string of the molecule is O=C([C@H]1Cc2cc(Cl)cc(-c3ccnc4ccc(F)cc34)c2O1)N1CCNCC1. The van der Waals surface area contributed by atoms with Crippen LogP contribution in [0.1, 0.15) is 5.56 Å². The van der Waals surface area contributed by atoms with Crippen LogP contribution >= 0.6 is 11.6 Å². The largest absolute Gasteiger partial charge is 0.479 e. The summed E-state index contributed by atoms with van der Waals surface area (Å²) >= 11 is 6.39. The van der Waals surface area contributed by atoms with Crippen molar-refractivity contribution in [1.82, 2.24) is 15.2 Å². The first kappa shape index (κ1) is 18.3. The van der Waals surface area contributed by atoms with Gasteiger partial charge in [-0.1, -0.05) is 11.6 Å². The van der Waals surface area contributed by atoms with Crippen molar-refractivity contribution in [2.75, 3.05) is 26.2 Å². The van der Waals surface area contributed by atoms with E-state index in [4.69, 9.17) is 16.3 Å². The molecule has 0 aliphatic carbocycles. The third kappa shape index (κ3) is 3.32. The first-order valence-electron chi connectivity index (χ1n) is 9.63. The van der Waals surface area contributed by atoms with Crippen LogP contribution in [-0.2, 0) is 11.2 Å². The van der Waals surface area contributed by atoms with Gasteiger partial charge in [-0.2, -0.15) is 0 Å². The lowest BCUT2D eigenvalue weighted by Gasteiger charge is -2.29. The Labute approximate surface area is 172 Å². The number of amides is 1.